The fraction of sp³-hybridized carbons (Fsp3) is 0.239. The van der Waals surface area contributed by atoms with Crippen molar-refractivity contribution in [2.45, 2.75) is 108 Å². The lowest BCUT2D eigenvalue weighted by molar-refractivity contribution is 0.332. The molecule has 9 aromatic rings. The quantitative estimate of drug-likeness (QED) is 0.147. The molecule has 0 aliphatic heterocycles. The molecule has 0 bridgehead atoms. The normalized spacial score (nSPS) is 17.2. The summed E-state index contributed by atoms with van der Waals surface area (Å²) >= 11 is 0. The first-order valence-corrected chi connectivity index (χ1v) is 26.4. The highest BCUT2D eigenvalue weighted by atomic mass is 15.1. The highest BCUT2D eigenvalue weighted by Gasteiger charge is 2.47. The molecule has 0 fully saturated rings. The zero-order chi connectivity index (χ0) is 49.6. The van der Waals surface area contributed by atoms with E-state index in [2.05, 4.69) is 273 Å². The number of fused-ring (bicyclic) bond motifs is 5. The van der Waals surface area contributed by atoms with Crippen LogP contribution in [-0.2, 0) is 27.1 Å². The smallest absolute Gasteiger partial charge is 0.0714 e. The zero-order valence-electron chi connectivity index (χ0n) is 43.5. The molecule has 9 aromatic carbocycles. The number of rotatable bonds is 8. The fourth-order valence-corrected chi connectivity index (χ4v) is 13.1. The molecule has 0 unspecified atom stereocenters. The van der Waals surface area contributed by atoms with Gasteiger partial charge in [0.05, 0.1) is 11.1 Å². The van der Waals surface area contributed by atoms with Crippen LogP contribution in [0.5, 0.6) is 0 Å². The molecule has 0 atom stereocenters. The third-order valence-electron chi connectivity index (χ3n) is 17.5. The van der Waals surface area contributed by atoms with Gasteiger partial charge in [0, 0.05) is 16.9 Å². The molecule has 0 radical (unpaired) electrons. The Hall–Kier alpha value is -7.22. The average molecular weight is 934 g/mol. The first kappa shape index (κ1) is 45.9. The molecular weight excluding hydrogens is 867 g/mol. The van der Waals surface area contributed by atoms with Crippen molar-refractivity contribution in [2.24, 2.45) is 0 Å². The molecule has 356 valence electrons. The minimum atomic E-state index is -0.564. The van der Waals surface area contributed by atoms with Crippen molar-refractivity contribution in [3.05, 3.63) is 257 Å². The minimum absolute atomic E-state index is 0.0462. The predicted octanol–water partition coefficient (Wildman–Crippen LogP) is 19.2. The molecule has 12 rings (SSSR count). The van der Waals surface area contributed by atoms with Crippen LogP contribution < -0.4 is 4.90 Å². The Balaban J connectivity index is 1.13. The fourth-order valence-electron chi connectivity index (χ4n) is 13.1. The van der Waals surface area contributed by atoms with Crippen LogP contribution in [-0.4, -0.2) is 0 Å². The monoisotopic (exact) mass is 934 g/mol. The predicted molar refractivity (Wildman–Crippen MR) is 305 cm³/mol. The van der Waals surface area contributed by atoms with Gasteiger partial charge in [-0.15, -0.1) is 0 Å². The van der Waals surface area contributed by atoms with Gasteiger partial charge < -0.3 is 4.90 Å². The van der Waals surface area contributed by atoms with Gasteiger partial charge in [0.1, 0.15) is 0 Å². The number of hydrogen-bond acceptors (Lipinski definition) is 1. The first-order valence-electron chi connectivity index (χ1n) is 26.4. The van der Waals surface area contributed by atoms with Crippen LogP contribution in [0.1, 0.15) is 126 Å². The number of benzene rings is 9. The number of hydrogen-bond donors (Lipinski definition) is 0. The molecule has 0 aromatic heterocycles. The Bertz CT molecular complexity index is 3440. The average Bonchev–Trinajstić information content (AvgIpc) is 3.70. The Morgan fingerprint density at radius 1 is 0.278 bits per heavy atom. The van der Waals surface area contributed by atoms with E-state index in [4.69, 9.17) is 0 Å². The lowest BCUT2D eigenvalue weighted by atomic mass is 9.63. The van der Waals surface area contributed by atoms with Gasteiger partial charge in [-0.3, -0.25) is 0 Å². The SMILES string of the molecule is CC1(C)CCC(C)(C)c2cc(-c3ccc(N(c4ccc(-c5ccccc5)cc4)c4cc5c(cc4-c4ccc6c(c4)C(C)(C)CCC6(C)C)-c4ccccc4C5(c4ccccc4)c4ccccc4)cc3)ccc21. The molecule has 0 amide bonds. The summed E-state index contributed by atoms with van der Waals surface area (Å²) in [7, 11) is 0. The van der Waals surface area contributed by atoms with E-state index in [-0.39, 0.29) is 21.7 Å². The Morgan fingerprint density at radius 2 is 0.681 bits per heavy atom. The van der Waals surface area contributed by atoms with E-state index in [0.717, 1.165) is 23.5 Å². The van der Waals surface area contributed by atoms with Gasteiger partial charge in [0.2, 0.25) is 0 Å². The van der Waals surface area contributed by atoms with Crippen molar-refractivity contribution in [3.63, 3.8) is 0 Å². The largest absolute Gasteiger partial charge is 0.310 e. The molecule has 0 saturated carbocycles. The van der Waals surface area contributed by atoms with Gasteiger partial charge >= 0.3 is 0 Å². The van der Waals surface area contributed by atoms with E-state index in [1.807, 2.05) is 0 Å². The second-order valence-electron chi connectivity index (χ2n) is 23.8. The van der Waals surface area contributed by atoms with Crippen molar-refractivity contribution in [1.29, 1.82) is 0 Å². The lowest BCUT2D eigenvalue weighted by Gasteiger charge is -2.42. The molecule has 3 aliphatic rings. The van der Waals surface area contributed by atoms with Gasteiger partial charge in [0.25, 0.3) is 0 Å². The molecular formula is C71H67N. The van der Waals surface area contributed by atoms with Crippen molar-refractivity contribution >= 4 is 17.1 Å². The van der Waals surface area contributed by atoms with Crippen LogP contribution in [0, 0.1) is 0 Å². The molecule has 3 aliphatic carbocycles. The molecule has 72 heavy (non-hydrogen) atoms. The minimum Gasteiger partial charge on any atom is -0.310 e. The topological polar surface area (TPSA) is 3.24 Å². The zero-order valence-corrected chi connectivity index (χ0v) is 43.5. The van der Waals surface area contributed by atoms with E-state index >= 15 is 0 Å². The second-order valence-corrected chi connectivity index (χ2v) is 23.8. The summed E-state index contributed by atoms with van der Waals surface area (Å²) in [5, 5.41) is 0. The summed E-state index contributed by atoms with van der Waals surface area (Å²) in [5.41, 5.74) is 24.3. The maximum absolute atomic E-state index is 2.57. The summed E-state index contributed by atoms with van der Waals surface area (Å²) in [6.07, 6.45) is 4.73. The molecule has 0 saturated heterocycles. The van der Waals surface area contributed by atoms with Crippen LogP contribution in [0.2, 0.25) is 0 Å². The lowest BCUT2D eigenvalue weighted by Crippen LogP contribution is -2.33. The summed E-state index contributed by atoms with van der Waals surface area (Å²) in [6.45, 7) is 19.4. The molecule has 0 heterocycles. The van der Waals surface area contributed by atoms with Crippen molar-refractivity contribution in [1.82, 2.24) is 0 Å². The highest BCUT2D eigenvalue weighted by Crippen LogP contribution is 2.59. The third-order valence-corrected chi connectivity index (χ3v) is 17.5. The van der Waals surface area contributed by atoms with Crippen LogP contribution in [0.3, 0.4) is 0 Å². The van der Waals surface area contributed by atoms with Crippen LogP contribution in [0.15, 0.2) is 212 Å². The molecule has 1 heteroatoms. The molecule has 0 spiro atoms. The Labute approximate surface area is 429 Å². The summed E-state index contributed by atoms with van der Waals surface area (Å²) in [6, 6.07) is 80.9. The maximum atomic E-state index is 2.57. The Kier molecular flexibility index (Phi) is 10.8. The number of anilines is 3. The summed E-state index contributed by atoms with van der Waals surface area (Å²) < 4.78 is 0. The Morgan fingerprint density at radius 3 is 1.21 bits per heavy atom. The van der Waals surface area contributed by atoms with Crippen LogP contribution in [0.4, 0.5) is 17.1 Å². The van der Waals surface area contributed by atoms with Crippen LogP contribution in [0.25, 0.3) is 44.5 Å². The van der Waals surface area contributed by atoms with E-state index in [0.29, 0.717) is 0 Å². The summed E-state index contributed by atoms with van der Waals surface area (Å²) in [4.78, 5) is 2.55. The van der Waals surface area contributed by atoms with E-state index in [1.54, 1.807) is 0 Å². The number of nitrogens with zero attached hydrogens (tertiary/aromatic N) is 1. The van der Waals surface area contributed by atoms with Gasteiger partial charge in [-0.2, -0.15) is 0 Å². The molecule has 0 N–H and O–H groups in total. The highest BCUT2D eigenvalue weighted by molar-refractivity contribution is 5.97. The standard InChI is InChI=1S/C71H67N/c1-67(2)40-42-69(5,6)64-44-51(32-38-61(64)67)50-30-36-56(37-31-50)72(55-34-28-49(29-35-55)48-20-12-9-13-21-48)66-47-63-59(46-58(66)52-33-39-62-65(45-52)70(7,8)43-41-68(62,3)4)57-26-18-19-27-60(57)71(63,53-22-14-10-15-23-53)54-24-16-11-17-25-54/h9-39,44-47H,40-43H2,1-8H3. The van der Waals surface area contributed by atoms with E-state index in [1.165, 1.54) is 108 Å². The van der Waals surface area contributed by atoms with E-state index < -0.39 is 5.41 Å². The third kappa shape index (κ3) is 7.41. The van der Waals surface area contributed by atoms with Crippen molar-refractivity contribution in [2.75, 3.05) is 4.90 Å². The van der Waals surface area contributed by atoms with Crippen LogP contribution >= 0.6 is 0 Å². The van der Waals surface area contributed by atoms with Gasteiger partial charge in [-0.25, -0.2) is 0 Å². The van der Waals surface area contributed by atoms with Gasteiger partial charge in [-0.05, 0) is 167 Å². The van der Waals surface area contributed by atoms with Crippen molar-refractivity contribution < 1.29 is 0 Å². The molecule has 1 nitrogen and oxygen atoms in total. The maximum Gasteiger partial charge on any atom is 0.0714 e. The van der Waals surface area contributed by atoms with Crippen molar-refractivity contribution in [3.8, 4) is 44.5 Å². The summed E-state index contributed by atoms with van der Waals surface area (Å²) in [5.74, 6) is 0. The van der Waals surface area contributed by atoms with Gasteiger partial charge in [-0.1, -0.05) is 231 Å². The first-order chi connectivity index (χ1) is 34.7. The second kappa shape index (κ2) is 17.0. The van der Waals surface area contributed by atoms with E-state index in [9.17, 15) is 0 Å². The van der Waals surface area contributed by atoms with Gasteiger partial charge in [0.15, 0.2) is 0 Å².